The van der Waals surface area contributed by atoms with Crippen molar-refractivity contribution in [2.75, 3.05) is 23.3 Å². The largest absolute Gasteiger partial charge is 0.356 e. The fourth-order valence-corrected chi connectivity index (χ4v) is 3.48. The highest BCUT2D eigenvalue weighted by atomic mass is 16.5. The van der Waals surface area contributed by atoms with Gasteiger partial charge in [0.15, 0.2) is 5.82 Å². The fraction of sp³-hybridized carbons (Fsp3) is 0.409. The highest BCUT2D eigenvalue weighted by Crippen LogP contribution is 2.27. The summed E-state index contributed by atoms with van der Waals surface area (Å²) in [6, 6.07) is 7.57. The van der Waals surface area contributed by atoms with E-state index >= 15 is 0 Å². The van der Waals surface area contributed by atoms with Crippen LogP contribution in [0.25, 0.3) is 11.5 Å². The number of amides is 1. The highest BCUT2D eigenvalue weighted by Gasteiger charge is 2.27. The van der Waals surface area contributed by atoms with Gasteiger partial charge in [0.2, 0.25) is 5.91 Å². The molecule has 1 aliphatic heterocycles. The van der Waals surface area contributed by atoms with Crippen LogP contribution in [0.1, 0.15) is 44.0 Å². The summed E-state index contributed by atoms with van der Waals surface area (Å²) in [6.07, 6.45) is 5.25. The molecule has 156 valence electrons. The first-order valence-corrected chi connectivity index (χ1v) is 10.3. The normalized spacial score (nSPS) is 16.7. The molecule has 0 radical (unpaired) electrons. The van der Waals surface area contributed by atoms with Crippen molar-refractivity contribution in [3.8, 4) is 11.5 Å². The SMILES string of the molecule is Cc1ccc(NC(=O)C2CCCN(c3cc(-c4nc(C(C)C)no4)ccn3)C2)nc1. The minimum Gasteiger partial charge on any atom is -0.356 e. The van der Waals surface area contributed by atoms with E-state index in [0.717, 1.165) is 36.3 Å². The molecular weight excluding hydrogens is 380 g/mol. The Bertz CT molecular complexity index is 1010. The van der Waals surface area contributed by atoms with Gasteiger partial charge in [-0.3, -0.25) is 4.79 Å². The highest BCUT2D eigenvalue weighted by molar-refractivity contribution is 5.92. The molecule has 1 saturated heterocycles. The van der Waals surface area contributed by atoms with Crippen LogP contribution in [-0.4, -0.2) is 39.1 Å². The van der Waals surface area contributed by atoms with Gasteiger partial charge in [0.1, 0.15) is 11.6 Å². The lowest BCUT2D eigenvalue weighted by Crippen LogP contribution is -2.41. The third-order valence-corrected chi connectivity index (χ3v) is 5.23. The molecule has 1 atom stereocenters. The van der Waals surface area contributed by atoms with Crippen LogP contribution in [0.4, 0.5) is 11.6 Å². The van der Waals surface area contributed by atoms with Crippen molar-refractivity contribution in [3.63, 3.8) is 0 Å². The van der Waals surface area contributed by atoms with E-state index < -0.39 is 0 Å². The lowest BCUT2D eigenvalue weighted by molar-refractivity contribution is -0.120. The number of aryl methyl sites for hydroxylation is 1. The summed E-state index contributed by atoms with van der Waals surface area (Å²) in [6.45, 7) is 7.48. The van der Waals surface area contributed by atoms with Crippen molar-refractivity contribution in [1.29, 1.82) is 0 Å². The Morgan fingerprint density at radius 1 is 1.27 bits per heavy atom. The quantitative estimate of drug-likeness (QED) is 0.688. The van der Waals surface area contributed by atoms with Gasteiger partial charge >= 0.3 is 0 Å². The topological polar surface area (TPSA) is 97.0 Å². The third kappa shape index (κ3) is 4.48. The van der Waals surface area contributed by atoms with Crippen molar-refractivity contribution in [3.05, 3.63) is 48.0 Å². The van der Waals surface area contributed by atoms with E-state index in [1.807, 2.05) is 45.0 Å². The van der Waals surface area contributed by atoms with Crippen molar-refractivity contribution in [2.24, 2.45) is 5.92 Å². The zero-order valence-electron chi connectivity index (χ0n) is 17.5. The maximum absolute atomic E-state index is 12.8. The second-order valence-corrected chi connectivity index (χ2v) is 8.01. The molecule has 1 aliphatic rings. The van der Waals surface area contributed by atoms with E-state index in [1.54, 1.807) is 12.4 Å². The van der Waals surface area contributed by atoms with Crippen LogP contribution >= 0.6 is 0 Å². The molecule has 0 bridgehead atoms. The molecule has 3 aromatic heterocycles. The summed E-state index contributed by atoms with van der Waals surface area (Å²) in [5, 5.41) is 6.97. The molecule has 3 aromatic rings. The predicted octanol–water partition coefficient (Wildman–Crippen LogP) is 3.81. The molecule has 4 heterocycles. The van der Waals surface area contributed by atoms with Crippen molar-refractivity contribution >= 4 is 17.5 Å². The van der Waals surface area contributed by atoms with Gasteiger partial charge in [-0.1, -0.05) is 25.1 Å². The molecule has 1 amide bonds. The number of carbonyl (C=O) groups excluding carboxylic acids is 1. The van der Waals surface area contributed by atoms with Gasteiger partial charge in [-0.2, -0.15) is 4.98 Å². The van der Waals surface area contributed by atoms with Gasteiger partial charge in [-0.15, -0.1) is 0 Å². The summed E-state index contributed by atoms with van der Waals surface area (Å²) in [7, 11) is 0. The number of piperidine rings is 1. The van der Waals surface area contributed by atoms with E-state index in [4.69, 9.17) is 4.52 Å². The number of nitrogens with zero attached hydrogens (tertiary/aromatic N) is 5. The average Bonchev–Trinajstić information content (AvgIpc) is 3.26. The van der Waals surface area contributed by atoms with Crippen LogP contribution in [0, 0.1) is 12.8 Å². The van der Waals surface area contributed by atoms with Crippen molar-refractivity contribution in [1.82, 2.24) is 20.1 Å². The second-order valence-electron chi connectivity index (χ2n) is 8.01. The molecule has 8 nitrogen and oxygen atoms in total. The maximum Gasteiger partial charge on any atom is 0.258 e. The molecule has 30 heavy (non-hydrogen) atoms. The number of rotatable bonds is 5. The summed E-state index contributed by atoms with van der Waals surface area (Å²) < 4.78 is 5.41. The summed E-state index contributed by atoms with van der Waals surface area (Å²) in [5.74, 6) is 2.63. The number of aromatic nitrogens is 4. The van der Waals surface area contributed by atoms with Crippen LogP contribution in [0.3, 0.4) is 0 Å². The number of anilines is 2. The predicted molar refractivity (Wildman–Crippen MR) is 114 cm³/mol. The summed E-state index contributed by atoms with van der Waals surface area (Å²) in [4.78, 5) is 28.1. The van der Waals surface area contributed by atoms with Crippen molar-refractivity contribution < 1.29 is 9.32 Å². The van der Waals surface area contributed by atoms with E-state index in [2.05, 4.69) is 30.3 Å². The molecule has 0 aliphatic carbocycles. The standard InChI is InChI=1S/C22H26N6O2/c1-14(2)20-26-22(30-27-20)16-8-9-23-19(11-16)28-10-4-5-17(13-28)21(29)25-18-7-6-15(3)12-24-18/h6-9,11-12,14,17H,4-5,10,13H2,1-3H3,(H,24,25,29). The lowest BCUT2D eigenvalue weighted by atomic mass is 9.97. The van der Waals surface area contributed by atoms with E-state index in [-0.39, 0.29) is 17.7 Å². The van der Waals surface area contributed by atoms with Gasteiger partial charge < -0.3 is 14.7 Å². The summed E-state index contributed by atoms with van der Waals surface area (Å²) in [5.41, 5.74) is 1.89. The van der Waals surface area contributed by atoms with Crippen LogP contribution in [0.2, 0.25) is 0 Å². The molecule has 0 saturated carbocycles. The van der Waals surface area contributed by atoms with Gasteiger partial charge in [0.25, 0.3) is 5.89 Å². The van der Waals surface area contributed by atoms with Crippen LogP contribution < -0.4 is 10.2 Å². The van der Waals surface area contributed by atoms with Crippen LogP contribution in [-0.2, 0) is 4.79 Å². The summed E-state index contributed by atoms with van der Waals surface area (Å²) >= 11 is 0. The van der Waals surface area contributed by atoms with Crippen LogP contribution in [0.15, 0.2) is 41.2 Å². The Labute approximate surface area is 175 Å². The molecule has 1 fully saturated rings. The number of pyridine rings is 2. The Morgan fingerprint density at radius 3 is 2.87 bits per heavy atom. The molecule has 1 N–H and O–H groups in total. The Balaban J connectivity index is 1.46. The zero-order chi connectivity index (χ0) is 21.1. The minimum absolute atomic E-state index is 0.00863. The Hall–Kier alpha value is -3.29. The minimum atomic E-state index is -0.122. The smallest absolute Gasteiger partial charge is 0.258 e. The third-order valence-electron chi connectivity index (χ3n) is 5.23. The average molecular weight is 406 g/mol. The molecule has 8 heteroatoms. The van der Waals surface area contributed by atoms with Gasteiger partial charge in [-0.25, -0.2) is 9.97 Å². The Morgan fingerprint density at radius 2 is 2.13 bits per heavy atom. The molecule has 4 rings (SSSR count). The molecule has 0 aromatic carbocycles. The number of hydrogen-bond donors (Lipinski definition) is 1. The van der Waals surface area contributed by atoms with E-state index in [0.29, 0.717) is 24.1 Å². The first kappa shape index (κ1) is 20.0. The maximum atomic E-state index is 12.8. The van der Waals surface area contributed by atoms with Crippen molar-refractivity contribution in [2.45, 2.75) is 39.5 Å². The number of hydrogen-bond acceptors (Lipinski definition) is 7. The molecular formula is C22H26N6O2. The van der Waals surface area contributed by atoms with E-state index in [9.17, 15) is 4.79 Å². The van der Waals surface area contributed by atoms with Gasteiger partial charge in [0.05, 0.1) is 5.92 Å². The zero-order valence-corrected chi connectivity index (χ0v) is 17.5. The monoisotopic (exact) mass is 406 g/mol. The van der Waals surface area contributed by atoms with Gasteiger partial charge in [-0.05, 0) is 43.5 Å². The first-order chi connectivity index (χ1) is 14.5. The van der Waals surface area contributed by atoms with Crippen LogP contribution in [0.5, 0.6) is 0 Å². The number of carbonyl (C=O) groups is 1. The number of nitrogens with one attached hydrogen (secondary N) is 1. The van der Waals surface area contributed by atoms with E-state index in [1.165, 1.54) is 0 Å². The molecule has 0 spiro atoms. The lowest BCUT2D eigenvalue weighted by Gasteiger charge is -2.32. The Kier molecular flexibility index (Phi) is 5.74. The fourth-order valence-electron chi connectivity index (χ4n) is 3.48. The van der Waals surface area contributed by atoms with Gasteiger partial charge in [0, 0.05) is 37.0 Å². The first-order valence-electron chi connectivity index (χ1n) is 10.3. The molecule has 1 unspecified atom stereocenters. The second kappa shape index (κ2) is 8.61.